The lowest BCUT2D eigenvalue weighted by molar-refractivity contribution is -0.157. The molecule has 0 bridgehead atoms. The van der Waals surface area contributed by atoms with Crippen LogP contribution in [0.25, 0.3) is 0 Å². The van der Waals surface area contributed by atoms with Crippen molar-refractivity contribution in [3.05, 3.63) is 24.0 Å². The summed E-state index contributed by atoms with van der Waals surface area (Å²) in [5, 5.41) is 12.3. The Morgan fingerprint density at radius 1 is 1.53 bits per heavy atom. The first-order valence-corrected chi connectivity index (χ1v) is 7.03. The van der Waals surface area contributed by atoms with Gasteiger partial charge in [0, 0.05) is 18.1 Å². The third kappa shape index (κ3) is 1.98. The van der Waals surface area contributed by atoms with E-state index in [2.05, 4.69) is 17.2 Å². The number of hydrogen-bond donors (Lipinski definition) is 1. The third-order valence-electron chi connectivity index (χ3n) is 4.66. The van der Waals surface area contributed by atoms with E-state index in [1.54, 1.807) is 12.3 Å². The van der Waals surface area contributed by atoms with Crippen molar-refractivity contribution in [2.45, 2.75) is 44.8 Å². The molecule has 4 nitrogen and oxygen atoms in total. The largest absolute Gasteiger partial charge is 0.380 e. The van der Waals surface area contributed by atoms with E-state index in [0.29, 0.717) is 23.3 Å². The van der Waals surface area contributed by atoms with E-state index in [0.717, 1.165) is 18.7 Å². The molecule has 0 radical (unpaired) electrons. The van der Waals surface area contributed by atoms with Crippen molar-refractivity contribution in [2.24, 2.45) is 5.41 Å². The molecule has 0 unspecified atom stereocenters. The topological polar surface area (TPSA) is 57.9 Å². The molecule has 2 saturated carbocycles. The summed E-state index contributed by atoms with van der Waals surface area (Å²) in [6.07, 6.45) is 7.09. The maximum atomic E-state index is 8.74. The van der Waals surface area contributed by atoms with E-state index >= 15 is 0 Å². The van der Waals surface area contributed by atoms with Crippen molar-refractivity contribution in [3.63, 3.8) is 0 Å². The Labute approximate surface area is 113 Å². The molecule has 2 atom stereocenters. The second kappa shape index (κ2) is 4.82. The van der Waals surface area contributed by atoms with Gasteiger partial charge in [0.1, 0.15) is 11.8 Å². The zero-order chi connectivity index (χ0) is 13.3. The van der Waals surface area contributed by atoms with E-state index in [9.17, 15) is 0 Å². The lowest BCUT2D eigenvalue weighted by atomic mass is 9.51. The molecule has 1 aromatic heterocycles. The van der Waals surface area contributed by atoms with Crippen LogP contribution in [0.4, 0.5) is 5.69 Å². The molecule has 100 valence electrons. The summed E-state index contributed by atoms with van der Waals surface area (Å²) in [5.74, 6) is 0. The second-order valence-electron chi connectivity index (χ2n) is 5.51. The summed E-state index contributed by atoms with van der Waals surface area (Å²) in [6.45, 7) is 2.87. The lowest BCUT2D eigenvalue weighted by Crippen LogP contribution is -2.64. The minimum atomic E-state index is 0.351. The molecular formula is C15H19N3O. The highest BCUT2D eigenvalue weighted by Crippen LogP contribution is 2.58. The van der Waals surface area contributed by atoms with Crippen LogP contribution >= 0.6 is 0 Å². The maximum Gasteiger partial charge on any atom is 0.140 e. The molecule has 2 aliphatic rings. The Morgan fingerprint density at radius 2 is 2.37 bits per heavy atom. The number of pyridine rings is 1. The van der Waals surface area contributed by atoms with Gasteiger partial charge in [-0.3, -0.25) is 0 Å². The average Bonchev–Trinajstić information content (AvgIpc) is 2.36. The van der Waals surface area contributed by atoms with Gasteiger partial charge in [-0.25, -0.2) is 4.98 Å². The number of nitriles is 1. The van der Waals surface area contributed by atoms with Crippen LogP contribution in [0.5, 0.6) is 0 Å². The number of nitrogens with one attached hydrogen (secondary N) is 1. The fraction of sp³-hybridized carbons (Fsp3) is 0.600. The highest BCUT2D eigenvalue weighted by molar-refractivity contribution is 5.45. The van der Waals surface area contributed by atoms with Gasteiger partial charge in [-0.05, 0) is 38.3 Å². The Hall–Kier alpha value is -1.60. The fourth-order valence-corrected chi connectivity index (χ4v) is 3.39. The van der Waals surface area contributed by atoms with Crippen molar-refractivity contribution in [1.82, 2.24) is 4.98 Å². The Balaban J connectivity index is 1.66. The summed E-state index contributed by atoms with van der Waals surface area (Å²) in [4.78, 5) is 4.10. The predicted octanol–water partition coefficient (Wildman–Crippen LogP) is 2.71. The molecule has 0 saturated heterocycles. The number of hydrogen-bond acceptors (Lipinski definition) is 4. The number of anilines is 1. The van der Waals surface area contributed by atoms with Crippen molar-refractivity contribution in [3.8, 4) is 6.07 Å². The van der Waals surface area contributed by atoms with Gasteiger partial charge in [-0.2, -0.15) is 5.26 Å². The number of rotatable bonds is 4. The molecule has 0 amide bonds. The normalized spacial score (nSPS) is 27.2. The molecule has 1 spiro atoms. The van der Waals surface area contributed by atoms with Crippen LogP contribution in [0, 0.1) is 16.7 Å². The average molecular weight is 257 g/mol. The summed E-state index contributed by atoms with van der Waals surface area (Å²) in [5.41, 5.74) is 1.82. The number of nitrogens with zero attached hydrogens (tertiary/aromatic N) is 2. The fourth-order valence-electron chi connectivity index (χ4n) is 3.39. The lowest BCUT2D eigenvalue weighted by Gasteiger charge is -2.61. The Morgan fingerprint density at radius 3 is 2.89 bits per heavy atom. The molecule has 0 aliphatic heterocycles. The van der Waals surface area contributed by atoms with E-state index in [4.69, 9.17) is 10.00 Å². The molecular weight excluding hydrogens is 238 g/mol. The van der Waals surface area contributed by atoms with E-state index < -0.39 is 0 Å². The highest BCUT2D eigenvalue weighted by atomic mass is 16.5. The van der Waals surface area contributed by atoms with Crippen molar-refractivity contribution < 1.29 is 4.74 Å². The highest BCUT2D eigenvalue weighted by Gasteiger charge is 2.58. The number of aromatic nitrogens is 1. The first kappa shape index (κ1) is 12.4. The zero-order valence-corrected chi connectivity index (χ0v) is 11.2. The summed E-state index contributed by atoms with van der Waals surface area (Å²) in [7, 11) is 0. The Kier molecular flexibility index (Phi) is 3.16. The summed E-state index contributed by atoms with van der Waals surface area (Å²) in [6, 6.07) is 6.23. The standard InChI is InChI=1S/C15H19N3O/c1-2-19-14-8-13(15(14)6-3-7-15)18-12-5-4-11(9-16)17-10-12/h4-5,10,13-14,18H,2-3,6-8H2,1H3/t13-,14+/m0/s1. The zero-order valence-electron chi connectivity index (χ0n) is 11.2. The smallest absolute Gasteiger partial charge is 0.140 e. The van der Waals surface area contributed by atoms with Gasteiger partial charge in [0.25, 0.3) is 0 Å². The second-order valence-corrected chi connectivity index (χ2v) is 5.51. The van der Waals surface area contributed by atoms with Crippen molar-refractivity contribution in [2.75, 3.05) is 11.9 Å². The van der Waals surface area contributed by atoms with Crippen molar-refractivity contribution in [1.29, 1.82) is 5.26 Å². The molecule has 1 heterocycles. The summed E-state index contributed by atoms with van der Waals surface area (Å²) < 4.78 is 5.84. The monoisotopic (exact) mass is 257 g/mol. The van der Waals surface area contributed by atoms with Gasteiger partial charge < -0.3 is 10.1 Å². The van der Waals surface area contributed by atoms with Crippen LogP contribution < -0.4 is 5.32 Å². The van der Waals surface area contributed by atoms with E-state index in [1.807, 2.05) is 12.1 Å². The molecule has 1 aromatic rings. The molecule has 19 heavy (non-hydrogen) atoms. The summed E-state index contributed by atoms with van der Waals surface area (Å²) >= 11 is 0. The quantitative estimate of drug-likeness (QED) is 0.901. The molecule has 0 aromatic carbocycles. The first-order valence-electron chi connectivity index (χ1n) is 7.03. The molecule has 2 aliphatic carbocycles. The molecule has 4 heteroatoms. The van der Waals surface area contributed by atoms with Gasteiger partial charge in [-0.1, -0.05) is 6.42 Å². The third-order valence-corrected chi connectivity index (χ3v) is 4.66. The minimum Gasteiger partial charge on any atom is -0.380 e. The molecule has 3 rings (SSSR count). The van der Waals surface area contributed by atoms with Crippen LogP contribution in [0.1, 0.15) is 38.3 Å². The van der Waals surface area contributed by atoms with Crippen LogP contribution in [0.15, 0.2) is 18.3 Å². The Bertz CT molecular complexity index is 487. The van der Waals surface area contributed by atoms with Gasteiger partial charge in [0.2, 0.25) is 0 Å². The van der Waals surface area contributed by atoms with Crippen LogP contribution in [-0.2, 0) is 4.74 Å². The van der Waals surface area contributed by atoms with Gasteiger partial charge in [0.15, 0.2) is 0 Å². The molecule has 2 fully saturated rings. The first-order chi connectivity index (χ1) is 9.28. The predicted molar refractivity (Wildman–Crippen MR) is 72.7 cm³/mol. The van der Waals surface area contributed by atoms with Crippen LogP contribution in [-0.4, -0.2) is 23.7 Å². The SMILES string of the molecule is CCO[C@@H]1C[C@H](Nc2ccc(C#N)nc2)C12CCC2. The maximum absolute atomic E-state index is 8.74. The van der Waals surface area contributed by atoms with Gasteiger partial charge >= 0.3 is 0 Å². The minimum absolute atomic E-state index is 0.351. The van der Waals surface area contributed by atoms with Gasteiger partial charge in [-0.15, -0.1) is 0 Å². The van der Waals surface area contributed by atoms with E-state index in [-0.39, 0.29) is 0 Å². The van der Waals surface area contributed by atoms with Crippen molar-refractivity contribution >= 4 is 5.69 Å². The molecule has 1 N–H and O–H groups in total. The van der Waals surface area contributed by atoms with Crippen LogP contribution in [0.2, 0.25) is 0 Å². The van der Waals surface area contributed by atoms with Crippen LogP contribution in [0.3, 0.4) is 0 Å². The number of ether oxygens (including phenoxy) is 1. The van der Waals surface area contributed by atoms with Gasteiger partial charge in [0.05, 0.1) is 18.0 Å². The van der Waals surface area contributed by atoms with E-state index in [1.165, 1.54) is 19.3 Å².